The number of halogens is 26. The van der Waals surface area contributed by atoms with E-state index < -0.39 is 84.8 Å². The van der Waals surface area contributed by atoms with E-state index in [9.17, 15) is 114 Å². The molecule has 0 aliphatic rings. The van der Waals surface area contributed by atoms with E-state index in [1.807, 2.05) is 0 Å². The summed E-state index contributed by atoms with van der Waals surface area (Å²) in [6, 6.07) is 0. The average molecular weight is 682 g/mol. The van der Waals surface area contributed by atoms with E-state index in [1.165, 1.54) is 0 Å². The van der Waals surface area contributed by atoms with E-state index in [0.29, 0.717) is 0 Å². The third-order valence-corrected chi connectivity index (χ3v) is 4.53. The Morgan fingerprint density at radius 2 is 0.488 bits per heavy atom. The summed E-state index contributed by atoms with van der Waals surface area (Å²) in [5.41, 5.74) is 0. The number of hydrogen-bond donors (Lipinski definition) is 0. The van der Waals surface area contributed by atoms with Gasteiger partial charge in [-0.15, -0.1) is 0 Å². The summed E-state index contributed by atoms with van der Waals surface area (Å²) in [4.78, 5) is 0. The summed E-state index contributed by atoms with van der Waals surface area (Å²) in [6.07, 6.45) is -43.2. The topological polar surface area (TPSA) is 9.23 Å². The predicted molar refractivity (Wildman–Crippen MR) is 72.4 cm³/mol. The van der Waals surface area contributed by atoms with Gasteiger partial charge in [-0.25, -0.2) is 31.1 Å². The third-order valence-electron chi connectivity index (χ3n) is 4.53. The maximum atomic E-state index is 13.4. The Balaban J connectivity index is 6.66. The predicted octanol–water partition coefficient (Wildman–Crippen LogP) is 8.48. The molecule has 27 heteroatoms. The Labute approximate surface area is 205 Å². The van der Waals surface area contributed by atoms with Crippen molar-refractivity contribution >= 4 is 0 Å². The fourth-order valence-electron chi connectivity index (χ4n) is 2.08. The Morgan fingerprint density at radius 3 is 0.659 bits per heavy atom. The molecule has 0 aliphatic carbocycles. The minimum Gasteiger partial charge on any atom is -0.245 e. The van der Waals surface area contributed by atoms with Crippen molar-refractivity contribution in [3.05, 3.63) is 0 Å². The molecule has 0 saturated carbocycles. The maximum absolute atomic E-state index is 13.4. The van der Waals surface area contributed by atoms with Gasteiger partial charge >= 0.3 is 72.4 Å². The number of rotatable bonds is 14. The Kier molecular flexibility index (Phi) is 9.92. The van der Waals surface area contributed by atoms with Crippen LogP contribution in [0.4, 0.5) is 114 Å². The van der Waals surface area contributed by atoms with Crippen LogP contribution in [0.3, 0.4) is 0 Å². The van der Waals surface area contributed by atoms with Crippen molar-refractivity contribution in [3.8, 4) is 0 Å². The average Bonchev–Trinajstić information content (AvgIpc) is 2.75. The molecular weight excluding hydrogens is 678 g/mol. The zero-order chi connectivity index (χ0) is 34.0. The molecule has 0 bridgehead atoms. The van der Waals surface area contributed by atoms with Crippen LogP contribution in [0.1, 0.15) is 0 Å². The van der Waals surface area contributed by atoms with Crippen LogP contribution < -0.4 is 0 Å². The van der Waals surface area contributed by atoms with Crippen molar-refractivity contribution in [2.75, 3.05) is 0 Å². The molecule has 0 spiro atoms. The summed E-state index contributed by atoms with van der Waals surface area (Å²) >= 11 is 0. The standard InChI is InChI=1S/C14H4F26O/c15-1(5(21,22)11(33,34)9(29,30)3(17)18)7(25,26)13(37,38)41-14(39,40)8(27,28)2(16)6(23,24)12(35,36)10(31,32)4(19)20/h1-4H. The van der Waals surface area contributed by atoms with Crippen molar-refractivity contribution in [2.45, 2.75) is 84.8 Å². The van der Waals surface area contributed by atoms with E-state index in [0.717, 1.165) is 4.74 Å². The Hall–Kier alpha value is -1.86. The molecule has 0 N–H and O–H groups in total. The molecule has 0 aromatic heterocycles. The van der Waals surface area contributed by atoms with Gasteiger partial charge in [0.25, 0.3) is 0 Å². The van der Waals surface area contributed by atoms with E-state index in [1.54, 1.807) is 0 Å². The quantitative estimate of drug-likeness (QED) is 0.167. The fourth-order valence-corrected chi connectivity index (χ4v) is 2.08. The highest BCUT2D eigenvalue weighted by Gasteiger charge is 2.87. The lowest BCUT2D eigenvalue weighted by atomic mass is 9.95. The molecule has 2 unspecified atom stereocenters. The largest absolute Gasteiger partial charge is 0.427 e. The van der Waals surface area contributed by atoms with Crippen LogP contribution in [0, 0.1) is 0 Å². The summed E-state index contributed by atoms with van der Waals surface area (Å²) < 4.78 is 337. The molecule has 0 heterocycles. The molecule has 0 aliphatic heterocycles. The number of hydrogen-bond acceptors (Lipinski definition) is 1. The van der Waals surface area contributed by atoms with Gasteiger partial charge in [0.2, 0.25) is 12.3 Å². The number of ether oxygens (including phenoxy) is 1. The molecular formula is C14H4F26O. The smallest absolute Gasteiger partial charge is 0.245 e. The second kappa shape index (κ2) is 10.4. The molecule has 1 nitrogen and oxygen atoms in total. The van der Waals surface area contributed by atoms with Gasteiger partial charge < -0.3 is 0 Å². The summed E-state index contributed by atoms with van der Waals surface area (Å²) in [7, 11) is 0. The van der Waals surface area contributed by atoms with Gasteiger partial charge in [0, 0.05) is 0 Å². The van der Waals surface area contributed by atoms with Crippen molar-refractivity contribution in [2.24, 2.45) is 0 Å². The van der Waals surface area contributed by atoms with E-state index in [2.05, 4.69) is 0 Å². The highest BCUT2D eigenvalue weighted by molar-refractivity contribution is 5.09. The first-order valence-corrected chi connectivity index (χ1v) is 8.73. The van der Waals surface area contributed by atoms with E-state index in [-0.39, 0.29) is 0 Å². The second-order valence-electron chi connectivity index (χ2n) is 7.35. The maximum Gasteiger partial charge on any atom is 0.427 e. The van der Waals surface area contributed by atoms with Crippen molar-refractivity contribution < 1.29 is 119 Å². The molecule has 0 aromatic carbocycles. The summed E-state index contributed by atoms with van der Waals surface area (Å²) in [5, 5.41) is 0. The lowest BCUT2D eigenvalue weighted by Gasteiger charge is -2.40. The molecule has 248 valence electrons. The van der Waals surface area contributed by atoms with Gasteiger partial charge in [-0.2, -0.15) is 87.8 Å². The highest BCUT2D eigenvalue weighted by atomic mass is 19.4. The van der Waals surface area contributed by atoms with E-state index >= 15 is 0 Å². The van der Waals surface area contributed by atoms with Crippen LogP contribution >= 0.6 is 0 Å². The van der Waals surface area contributed by atoms with Crippen LogP contribution in [0.15, 0.2) is 0 Å². The normalized spacial score (nSPS) is 17.9. The summed E-state index contributed by atoms with van der Waals surface area (Å²) in [5.74, 6) is -64.8. The summed E-state index contributed by atoms with van der Waals surface area (Å²) in [6.45, 7) is 0. The van der Waals surface area contributed by atoms with Crippen molar-refractivity contribution in [3.63, 3.8) is 0 Å². The van der Waals surface area contributed by atoms with Gasteiger partial charge in [-0.3, -0.25) is 0 Å². The van der Waals surface area contributed by atoms with Crippen molar-refractivity contribution in [1.29, 1.82) is 0 Å². The Morgan fingerprint density at radius 1 is 0.293 bits per heavy atom. The minimum atomic E-state index is -8.39. The van der Waals surface area contributed by atoms with Gasteiger partial charge in [0.05, 0.1) is 0 Å². The van der Waals surface area contributed by atoms with Crippen LogP contribution in [-0.2, 0) is 4.74 Å². The van der Waals surface area contributed by atoms with Crippen LogP contribution in [0.25, 0.3) is 0 Å². The highest BCUT2D eigenvalue weighted by Crippen LogP contribution is 2.59. The molecule has 0 saturated heterocycles. The first-order valence-electron chi connectivity index (χ1n) is 8.73. The molecule has 0 amide bonds. The molecule has 0 radical (unpaired) electrons. The zero-order valence-electron chi connectivity index (χ0n) is 17.5. The minimum absolute atomic E-state index is 1.00. The van der Waals surface area contributed by atoms with Crippen LogP contribution in [0.2, 0.25) is 0 Å². The fraction of sp³-hybridized carbons (Fsp3) is 1.00. The first-order chi connectivity index (χ1) is 17.4. The van der Waals surface area contributed by atoms with Crippen LogP contribution in [-0.4, -0.2) is 84.8 Å². The third kappa shape index (κ3) is 5.62. The lowest BCUT2D eigenvalue weighted by molar-refractivity contribution is -0.492. The number of alkyl halides is 26. The van der Waals surface area contributed by atoms with Gasteiger partial charge in [0.15, 0.2) is 0 Å². The first kappa shape index (κ1) is 39.1. The van der Waals surface area contributed by atoms with E-state index in [4.69, 9.17) is 0 Å². The second-order valence-corrected chi connectivity index (χ2v) is 7.35. The molecule has 2 atom stereocenters. The zero-order valence-corrected chi connectivity index (χ0v) is 17.5. The lowest BCUT2D eigenvalue weighted by Crippen LogP contribution is -2.69. The Bertz CT molecular complexity index is 832. The SMILES string of the molecule is FC(F)C(F)(F)C(F)(F)C(F)(F)C(F)C(F)(F)C(F)(F)OC(F)(F)C(F)(F)C(F)C(F)(F)C(F)(F)C(F)(F)C(F)F. The van der Waals surface area contributed by atoms with Gasteiger partial charge in [-0.1, -0.05) is 0 Å². The molecule has 41 heavy (non-hydrogen) atoms. The monoisotopic (exact) mass is 682 g/mol. The van der Waals surface area contributed by atoms with Crippen molar-refractivity contribution in [1.82, 2.24) is 0 Å². The van der Waals surface area contributed by atoms with Gasteiger partial charge in [0.1, 0.15) is 0 Å². The molecule has 0 aromatic rings. The molecule has 0 fully saturated rings. The van der Waals surface area contributed by atoms with Gasteiger partial charge in [-0.05, 0) is 0 Å². The molecule has 0 rings (SSSR count). The van der Waals surface area contributed by atoms with Crippen LogP contribution in [0.5, 0.6) is 0 Å².